The lowest BCUT2D eigenvalue weighted by atomic mass is 9.94. The molecule has 0 aliphatic rings. The lowest BCUT2D eigenvalue weighted by molar-refractivity contribution is -0.422. The summed E-state index contributed by atoms with van der Waals surface area (Å²) in [5, 5.41) is 8.80. The van der Waals surface area contributed by atoms with Crippen molar-refractivity contribution in [2.24, 2.45) is 5.73 Å². The van der Waals surface area contributed by atoms with Crippen LogP contribution in [0.5, 0.6) is 0 Å². The molecule has 68 heavy (non-hydrogen) atoms. The van der Waals surface area contributed by atoms with Crippen LogP contribution < -0.4 is 5.73 Å². The van der Waals surface area contributed by atoms with Crippen LogP contribution in [0, 0.1) is 0 Å². The van der Waals surface area contributed by atoms with Crippen molar-refractivity contribution in [1.29, 1.82) is 0 Å². The van der Waals surface area contributed by atoms with Gasteiger partial charge in [-0.15, -0.1) is 0 Å². The Bertz CT molecular complexity index is 1550. The van der Waals surface area contributed by atoms with Gasteiger partial charge in [0.15, 0.2) is 0 Å². The van der Waals surface area contributed by atoms with E-state index >= 15 is 0 Å². The molecule has 0 fully saturated rings. The molecule has 0 spiro atoms. The van der Waals surface area contributed by atoms with Crippen molar-refractivity contribution >= 4 is 25.7 Å². The van der Waals surface area contributed by atoms with E-state index in [-0.39, 0.29) is 51.4 Å². The van der Waals surface area contributed by atoms with Crippen molar-refractivity contribution in [1.82, 2.24) is 0 Å². The number of unbranched alkanes of at least 4 members (excludes halogenated alkanes) is 10. The van der Waals surface area contributed by atoms with Gasteiger partial charge in [-0.3, -0.25) is 23.4 Å². The van der Waals surface area contributed by atoms with Crippen molar-refractivity contribution < 1.29 is 144 Å². The molecule has 0 aliphatic carbocycles. The monoisotopic (exact) mass is 1080 g/mol. The molecule has 0 radical (unpaired) electrons. The lowest BCUT2D eigenvalue weighted by Gasteiger charge is -2.37. The summed E-state index contributed by atoms with van der Waals surface area (Å²) in [5.41, 5.74) is 5.15. The summed E-state index contributed by atoms with van der Waals surface area (Å²) in [4.78, 5) is 45.3. The maximum absolute atomic E-state index is 13.8. The summed E-state index contributed by atoms with van der Waals surface area (Å²) in [6, 6.07) is -1.86. The number of rotatable bonds is 34. The molecule has 0 heterocycles. The molecule has 4 N–H and O–H groups in total. The Labute approximate surface area is 370 Å². The molecule has 2 unspecified atom stereocenters. The first-order valence-electron chi connectivity index (χ1n) is 19.5. The van der Waals surface area contributed by atoms with Gasteiger partial charge < -0.3 is 25.2 Å². The fourth-order valence-electron chi connectivity index (χ4n) is 5.26. The molecule has 34 heteroatoms. The first-order chi connectivity index (χ1) is 30.4. The van der Waals surface area contributed by atoms with E-state index in [1.54, 1.807) is 0 Å². The van der Waals surface area contributed by atoms with Gasteiger partial charge in [-0.2, -0.15) is 96.6 Å². The zero-order valence-corrected chi connectivity index (χ0v) is 35.5. The number of hydrogen-bond acceptors (Lipinski definition) is 9. The normalized spacial score (nSPS) is 15.6. The average Bonchev–Trinajstić information content (AvgIpc) is 3.18. The molecule has 0 amide bonds. The summed E-state index contributed by atoms with van der Waals surface area (Å²) in [6.45, 7) is -3.08. The molecule has 0 saturated heterocycles. The van der Waals surface area contributed by atoms with Gasteiger partial charge in [0.1, 0.15) is 25.4 Å². The number of esters is 2. The number of ether oxygens (including phenoxy) is 2. The Morgan fingerprint density at radius 2 is 0.750 bits per heavy atom. The summed E-state index contributed by atoms with van der Waals surface area (Å²) >= 11 is 0. The largest absolute Gasteiger partial charge is 0.480 e. The molecule has 0 bridgehead atoms. The average molecular weight is 1080 g/mol. The van der Waals surface area contributed by atoms with Crippen molar-refractivity contribution in [2.75, 3.05) is 19.8 Å². The number of alkyl halides is 22. The van der Waals surface area contributed by atoms with Gasteiger partial charge in [0.05, 0.1) is 6.61 Å². The molecule has 0 aliphatic heterocycles. The van der Waals surface area contributed by atoms with E-state index in [0.717, 1.165) is 0 Å². The summed E-state index contributed by atoms with van der Waals surface area (Å²) < 4.78 is 320. The highest BCUT2D eigenvalue weighted by Crippen LogP contribution is 2.59. The second kappa shape index (κ2) is 24.9. The highest BCUT2D eigenvalue weighted by Gasteiger charge is 2.88. The number of aliphatic carboxylic acids is 1. The van der Waals surface area contributed by atoms with Crippen LogP contribution in [0.3, 0.4) is 0 Å². The predicted octanol–water partition coefficient (Wildman–Crippen LogP) is 11.4. The number of carbonyl (C=O) groups excluding carboxylic acids is 2. The van der Waals surface area contributed by atoms with E-state index in [9.17, 15) is 120 Å². The van der Waals surface area contributed by atoms with Crippen LogP contribution in [0.25, 0.3) is 0 Å². The molecule has 404 valence electrons. The third-order valence-electron chi connectivity index (χ3n) is 9.33. The Balaban J connectivity index is 5.02. The summed E-state index contributed by atoms with van der Waals surface area (Å²) in [5.74, 6) is -60.2. The number of carboxylic acid groups (broad SMARTS) is 1. The number of phosphoric ester groups is 1. The van der Waals surface area contributed by atoms with E-state index in [0.29, 0.717) is 0 Å². The SMILES string of the molecule is NC(COP(=O)(O)OC(COC(=O)CCCCCCCCC(F)(F)C(F)(F)C(F)(F)C(F)(F)C(F)(F)F)COC(=O)CCCCCCCCC(F)(F)C(F)(F)C(F)(F)C(F)(F)C(F)(F)F)C(=O)O. The maximum Gasteiger partial charge on any atom is 0.472 e. The Morgan fingerprint density at radius 3 is 1.04 bits per heavy atom. The Hall–Kier alpha value is -3.06. The second-order valence-corrected chi connectivity index (χ2v) is 16.3. The van der Waals surface area contributed by atoms with E-state index in [1.807, 2.05) is 0 Å². The van der Waals surface area contributed by atoms with E-state index in [2.05, 4.69) is 4.52 Å². The number of hydrogen-bond donors (Lipinski definition) is 3. The summed E-state index contributed by atoms with van der Waals surface area (Å²) in [7, 11) is -5.26. The fourth-order valence-corrected chi connectivity index (χ4v) is 6.17. The standard InChI is InChI=1S/C34H44F22NO10P/c35-25(36,27(39,40)29(43,44)31(47,48)33(51,52)53)15-11-7-3-1-5-9-13-22(58)64-17-20(67-68(62,63)66-19-21(57)24(60)61)18-65-23(59)14-10-6-2-4-8-12-16-26(37,38)28(41,42)30(45,46)32(49,50)34(54,55)56/h20-21H,1-19,57H2,(H,60,61)(H,62,63). The van der Waals surface area contributed by atoms with Gasteiger partial charge >= 0.3 is 85.5 Å². The zero-order valence-electron chi connectivity index (χ0n) is 34.6. The molecule has 0 saturated carbocycles. The van der Waals surface area contributed by atoms with E-state index < -0.39 is 169 Å². The van der Waals surface area contributed by atoms with Crippen LogP contribution in [-0.2, 0) is 37.5 Å². The number of phosphoric acid groups is 1. The van der Waals surface area contributed by atoms with Gasteiger partial charge in [-0.25, -0.2) is 4.57 Å². The smallest absolute Gasteiger partial charge is 0.472 e. The predicted molar refractivity (Wildman–Crippen MR) is 184 cm³/mol. The minimum atomic E-state index is -7.52. The van der Waals surface area contributed by atoms with Crippen LogP contribution in [0.15, 0.2) is 0 Å². The van der Waals surface area contributed by atoms with Crippen molar-refractivity contribution in [3.05, 3.63) is 0 Å². The Morgan fingerprint density at radius 1 is 0.456 bits per heavy atom. The van der Waals surface area contributed by atoms with Gasteiger partial charge in [0, 0.05) is 25.7 Å². The third-order valence-corrected chi connectivity index (χ3v) is 10.4. The molecule has 0 aromatic heterocycles. The lowest BCUT2D eigenvalue weighted by Crippen LogP contribution is -2.66. The van der Waals surface area contributed by atoms with Gasteiger partial charge in [-0.1, -0.05) is 51.4 Å². The number of carbonyl (C=O) groups is 3. The summed E-state index contributed by atoms with van der Waals surface area (Å²) in [6.07, 6.45) is -25.0. The molecular weight excluding hydrogens is 1030 g/mol. The van der Waals surface area contributed by atoms with Crippen LogP contribution in [-0.4, -0.2) is 120 Å². The number of nitrogens with two attached hydrogens (primary N) is 1. The fraction of sp³-hybridized carbons (Fsp3) is 0.912. The Kier molecular flexibility index (Phi) is 23.7. The minimum Gasteiger partial charge on any atom is -0.480 e. The highest BCUT2D eigenvalue weighted by atomic mass is 31.2. The molecular formula is C34H44F22NO10P. The van der Waals surface area contributed by atoms with Crippen LogP contribution >= 0.6 is 7.82 Å². The molecule has 11 nitrogen and oxygen atoms in total. The number of carboxylic acids is 1. The zero-order chi connectivity index (χ0) is 53.7. The van der Waals surface area contributed by atoms with Crippen molar-refractivity contribution in [2.45, 2.75) is 175 Å². The van der Waals surface area contributed by atoms with Gasteiger partial charge in [-0.05, 0) is 25.7 Å². The second-order valence-electron chi connectivity index (χ2n) is 14.9. The number of halogens is 22. The third kappa shape index (κ3) is 17.4. The topological polar surface area (TPSA) is 172 Å². The van der Waals surface area contributed by atoms with E-state index in [1.165, 1.54) is 0 Å². The highest BCUT2D eigenvalue weighted by molar-refractivity contribution is 7.47. The molecule has 0 aromatic carbocycles. The van der Waals surface area contributed by atoms with E-state index in [4.69, 9.17) is 24.8 Å². The minimum absolute atomic E-state index is 0.0234. The molecule has 0 aromatic rings. The first kappa shape index (κ1) is 64.9. The van der Waals surface area contributed by atoms with Gasteiger partial charge in [0.2, 0.25) is 0 Å². The molecule has 2 atom stereocenters. The van der Waals surface area contributed by atoms with Gasteiger partial charge in [0.25, 0.3) is 0 Å². The van der Waals surface area contributed by atoms with Crippen molar-refractivity contribution in [3.63, 3.8) is 0 Å². The van der Waals surface area contributed by atoms with Crippen LogP contribution in [0.1, 0.15) is 103 Å². The maximum atomic E-state index is 13.8. The first-order valence-corrected chi connectivity index (χ1v) is 21.0. The quantitative estimate of drug-likeness (QED) is 0.0242. The molecule has 0 rings (SSSR count). The van der Waals surface area contributed by atoms with Crippen LogP contribution in [0.4, 0.5) is 96.6 Å². The van der Waals surface area contributed by atoms with Crippen molar-refractivity contribution in [3.8, 4) is 0 Å². The van der Waals surface area contributed by atoms with Crippen LogP contribution in [0.2, 0.25) is 0 Å².